The molecular formula is C25H40. The van der Waals surface area contributed by atoms with Crippen LogP contribution in [0.15, 0.2) is 22.3 Å². The van der Waals surface area contributed by atoms with E-state index in [1.807, 2.05) is 0 Å². The van der Waals surface area contributed by atoms with E-state index in [0.717, 1.165) is 5.92 Å². The number of hydrogen-bond acceptors (Lipinski definition) is 0. The first-order chi connectivity index (χ1) is 11.4. The molecule has 0 aliphatic heterocycles. The van der Waals surface area contributed by atoms with Gasteiger partial charge in [-0.2, -0.15) is 0 Å². The lowest BCUT2D eigenvalue weighted by molar-refractivity contribution is 0.739. The van der Waals surface area contributed by atoms with Crippen LogP contribution in [0.5, 0.6) is 0 Å². The molecule has 25 heavy (non-hydrogen) atoms. The molecule has 0 atom stereocenters. The lowest BCUT2D eigenvalue weighted by atomic mass is 9.85. The molecule has 1 aromatic carbocycles. The lowest BCUT2D eigenvalue weighted by Crippen LogP contribution is -2.04. The summed E-state index contributed by atoms with van der Waals surface area (Å²) in [6.45, 7) is 27.1. The molecule has 0 amide bonds. The van der Waals surface area contributed by atoms with Crippen molar-refractivity contribution in [2.24, 2.45) is 5.92 Å². The Bertz CT molecular complexity index is 677. The highest BCUT2D eigenvalue weighted by atomic mass is 14.2. The summed E-state index contributed by atoms with van der Waals surface area (Å²) in [5.41, 5.74) is 15.2. The van der Waals surface area contributed by atoms with Crippen LogP contribution in [0.3, 0.4) is 0 Å². The van der Waals surface area contributed by atoms with E-state index in [0.29, 0.717) is 5.92 Å². The zero-order chi connectivity index (χ0) is 19.6. The third kappa shape index (κ3) is 4.46. The molecule has 0 bridgehead atoms. The average Bonchev–Trinajstić information content (AvgIpc) is 2.79. The van der Waals surface area contributed by atoms with Gasteiger partial charge in [0.25, 0.3) is 0 Å². The number of benzene rings is 1. The fraction of sp³-hybridized carbons (Fsp3) is 0.600. The molecule has 140 valence electrons. The topological polar surface area (TPSA) is 0 Å². The third-order valence-corrected chi connectivity index (χ3v) is 6.47. The van der Waals surface area contributed by atoms with Crippen LogP contribution in [0.4, 0.5) is 0 Å². The van der Waals surface area contributed by atoms with Gasteiger partial charge in [-0.05, 0) is 118 Å². The molecular weight excluding hydrogens is 300 g/mol. The Morgan fingerprint density at radius 2 is 0.920 bits per heavy atom. The zero-order valence-electron chi connectivity index (χ0n) is 18.9. The molecule has 0 radical (unpaired) electrons. The van der Waals surface area contributed by atoms with Crippen LogP contribution in [-0.2, 0) is 0 Å². The fourth-order valence-electron chi connectivity index (χ4n) is 4.14. The van der Waals surface area contributed by atoms with Gasteiger partial charge in [0.1, 0.15) is 0 Å². The van der Waals surface area contributed by atoms with Gasteiger partial charge in [0.15, 0.2) is 0 Å². The standard InChI is InChI=1S/C14H22.C11H18/c1-8(2)14-12(6)10(4)9(3)11(5)13(14)7;1-7(2)11-6-8(3)9(4)10(11)5/h8H,1-7H3;7H,6H2,1-5H3. The maximum absolute atomic E-state index is 2.28. The number of hydrogen-bond donors (Lipinski definition) is 0. The van der Waals surface area contributed by atoms with E-state index in [4.69, 9.17) is 0 Å². The Hall–Kier alpha value is -1.30. The fourth-order valence-corrected chi connectivity index (χ4v) is 4.14. The van der Waals surface area contributed by atoms with Crippen LogP contribution in [0.1, 0.15) is 94.2 Å². The highest BCUT2D eigenvalue weighted by molar-refractivity contribution is 5.50. The van der Waals surface area contributed by atoms with Crippen LogP contribution >= 0.6 is 0 Å². The Kier molecular flexibility index (Phi) is 7.29. The van der Waals surface area contributed by atoms with Crippen LogP contribution in [0.2, 0.25) is 0 Å². The van der Waals surface area contributed by atoms with Crippen molar-refractivity contribution in [1.82, 2.24) is 0 Å². The summed E-state index contributed by atoms with van der Waals surface area (Å²) in [6.07, 6.45) is 1.22. The van der Waals surface area contributed by atoms with Crippen molar-refractivity contribution in [2.45, 2.75) is 95.4 Å². The van der Waals surface area contributed by atoms with Gasteiger partial charge in [-0.15, -0.1) is 0 Å². The monoisotopic (exact) mass is 340 g/mol. The average molecular weight is 341 g/mol. The van der Waals surface area contributed by atoms with E-state index < -0.39 is 0 Å². The van der Waals surface area contributed by atoms with Crippen LogP contribution in [-0.4, -0.2) is 0 Å². The third-order valence-electron chi connectivity index (χ3n) is 6.47. The second-order valence-corrected chi connectivity index (χ2v) is 8.58. The van der Waals surface area contributed by atoms with E-state index >= 15 is 0 Å². The molecule has 0 heterocycles. The SMILES string of the molecule is CC1=C(C)C(C)=C(C(C)C)C1.Cc1c(C)c(C)c(C(C)C)c(C)c1C. The van der Waals surface area contributed by atoms with Crippen molar-refractivity contribution in [3.8, 4) is 0 Å². The predicted octanol–water partition coefficient (Wildman–Crippen LogP) is 8.05. The molecule has 0 saturated carbocycles. The van der Waals surface area contributed by atoms with Crippen molar-refractivity contribution < 1.29 is 0 Å². The first-order valence-corrected chi connectivity index (χ1v) is 9.84. The van der Waals surface area contributed by atoms with Crippen molar-refractivity contribution in [1.29, 1.82) is 0 Å². The van der Waals surface area contributed by atoms with Crippen molar-refractivity contribution >= 4 is 0 Å². The first-order valence-electron chi connectivity index (χ1n) is 9.84. The molecule has 1 aromatic rings. The Labute approximate surface area is 157 Å². The summed E-state index contributed by atoms with van der Waals surface area (Å²) in [5.74, 6) is 1.36. The van der Waals surface area contributed by atoms with Gasteiger partial charge >= 0.3 is 0 Å². The van der Waals surface area contributed by atoms with Gasteiger partial charge < -0.3 is 0 Å². The van der Waals surface area contributed by atoms with Gasteiger partial charge in [0, 0.05) is 0 Å². The Morgan fingerprint density at radius 3 is 1.16 bits per heavy atom. The van der Waals surface area contributed by atoms with E-state index in [9.17, 15) is 0 Å². The Morgan fingerprint density at radius 1 is 0.520 bits per heavy atom. The van der Waals surface area contributed by atoms with Crippen LogP contribution in [0.25, 0.3) is 0 Å². The molecule has 2 rings (SSSR count). The first kappa shape index (κ1) is 21.7. The highest BCUT2D eigenvalue weighted by Gasteiger charge is 2.17. The van der Waals surface area contributed by atoms with Crippen LogP contribution in [0, 0.1) is 40.5 Å². The molecule has 0 fully saturated rings. The molecule has 0 unspecified atom stereocenters. The summed E-state index contributed by atoms with van der Waals surface area (Å²) < 4.78 is 0. The van der Waals surface area contributed by atoms with E-state index in [-0.39, 0.29) is 0 Å². The van der Waals surface area contributed by atoms with E-state index in [1.165, 1.54) is 45.4 Å². The van der Waals surface area contributed by atoms with Gasteiger partial charge in [-0.1, -0.05) is 38.8 Å². The van der Waals surface area contributed by atoms with Gasteiger partial charge in [0.05, 0.1) is 0 Å². The van der Waals surface area contributed by atoms with Crippen molar-refractivity contribution in [2.75, 3.05) is 0 Å². The van der Waals surface area contributed by atoms with Gasteiger partial charge in [-0.3, -0.25) is 0 Å². The maximum atomic E-state index is 2.28. The minimum atomic E-state index is 0.632. The smallest absolute Gasteiger partial charge is 0.00970 e. The minimum absolute atomic E-state index is 0.632. The molecule has 0 heteroatoms. The molecule has 0 N–H and O–H groups in total. The summed E-state index contributed by atoms with van der Waals surface area (Å²) in [6, 6.07) is 0. The quantitative estimate of drug-likeness (QED) is 0.511. The van der Waals surface area contributed by atoms with E-state index in [1.54, 1.807) is 16.7 Å². The summed E-state index contributed by atoms with van der Waals surface area (Å²) >= 11 is 0. The summed E-state index contributed by atoms with van der Waals surface area (Å²) in [7, 11) is 0. The molecule has 1 aliphatic carbocycles. The molecule has 0 spiro atoms. The normalized spacial score (nSPS) is 14.6. The Balaban J connectivity index is 0.000000257. The molecule has 0 saturated heterocycles. The number of allylic oxidation sites excluding steroid dienone is 4. The predicted molar refractivity (Wildman–Crippen MR) is 115 cm³/mol. The minimum Gasteiger partial charge on any atom is -0.0661 e. The highest BCUT2D eigenvalue weighted by Crippen LogP contribution is 2.35. The van der Waals surface area contributed by atoms with Crippen LogP contribution < -0.4 is 0 Å². The second kappa shape index (κ2) is 8.39. The molecule has 0 nitrogen and oxygen atoms in total. The summed E-state index contributed by atoms with van der Waals surface area (Å²) in [4.78, 5) is 0. The van der Waals surface area contributed by atoms with Crippen molar-refractivity contribution in [3.63, 3.8) is 0 Å². The van der Waals surface area contributed by atoms with Gasteiger partial charge in [0.2, 0.25) is 0 Å². The van der Waals surface area contributed by atoms with Crippen molar-refractivity contribution in [3.05, 3.63) is 55.7 Å². The largest absolute Gasteiger partial charge is 0.0661 e. The second-order valence-electron chi connectivity index (χ2n) is 8.58. The van der Waals surface area contributed by atoms with Gasteiger partial charge in [-0.25, -0.2) is 0 Å². The maximum Gasteiger partial charge on any atom is -0.00970 e. The number of rotatable bonds is 2. The lowest BCUT2D eigenvalue weighted by Gasteiger charge is -2.21. The zero-order valence-corrected chi connectivity index (χ0v) is 18.9. The molecule has 0 aromatic heterocycles. The molecule has 1 aliphatic rings. The van der Waals surface area contributed by atoms with E-state index in [2.05, 4.69) is 83.1 Å². The summed E-state index contributed by atoms with van der Waals surface area (Å²) in [5, 5.41) is 0.